The smallest absolute Gasteiger partial charge is 0.0698 e. The van der Waals surface area contributed by atoms with Gasteiger partial charge in [0.25, 0.3) is 0 Å². The van der Waals surface area contributed by atoms with Crippen LogP contribution in [0.25, 0.3) is 0 Å². The number of hydrogen-bond donors (Lipinski definition) is 2. The van der Waals surface area contributed by atoms with E-state index in [9.17, 15) is 5.11 Å². The molecule has 2 rings (SSSR count). The molecular formula is C10H20N2O2. The Morgan fingerprint density at radius 1 is 1.36 bits per heavy atom. The van der Waals surface area contributed by atoms with E-state index in [0.29, 0.717) is 6.61 Å². The normalized spacial score (nSPS) is 35.8. The van der Waals surface area contributed by atoms with E-state index < -0.39 is 0 Å². The van der Waals surface area contributed by atoms with Crippen LogP contribution < -0.4 is 5.32 Å². The largest absolute Gasteiger partial charge is 0.394 e. The molecule has 0 aliphatic carbocycles. The van der Waals surface area contributed by atoms with Gasteiger partial charge < -0.3 is 15.2 Å². The highest BCUT2D eigenvalue weighted by Crippen LogP contribution is 2.26. The predicted octanol–water partition coefficient (Wildman–Crippen LogP) is -0.567. The highest BCUT2D eigenvalue weighted by Gasteiger charge is 2.39. The van der Waals surface area contributed by atoms with Crippen molar-refractivity contribution in [3.05, 3.63) is 0 Å². The van der Waals surface area contributed by atoms with Crippen LogP contribution in [-0.4, -0.2) is 61.5 Å². The minimum Gasteiger partial charge on any atom is -0.394 e. The number of nitrogens with zero attached hydrogens (tertiary/aromatic N) is 1. The Morgan fingerprint density at radius 2 is 2.29 bits per heavy atom. The van der Waals surface area contributed by atoms with Gasteiger partial charge >= 0.3 is 0 Å². The molecule has 0 bridgehead atoms. The molecule has 0 aromatic heterocycles. The van der Waals surface area contributed by atoms with Crippen LogP contribution >= 0.6 is 0 Å². The number of hydrogen-bond acceptors (Lipinski definition) is 4. The third-order valence-electron chi connectivity index (χ3n) is 3.39. The predicted molar refractivity (Wildman–Crippen MR) is 54.3 cm³/mol. The van der Waals surface area contributed by atoms with Gasteiger partial charge in [0.1, 0.15) is 0 Å². The summed E-state index contributed by atoms with van der Waals surface area (Å²) in [6.07, 6.45) is 2.14. The molecule has 1 unspecified atom stereocenters. The van der Waals surface area contributed by atoms with Gasteiger partial charge in [-0.2, -0.15) is 0 Å². The number of aliphatic hydroxyl groups is 1. The first-order valence-corrected chi connectivity index (χ1v) is 5.52. The van der Waals surface area contributed by atoms with Crippen LogP contribution in [-0.2, 0) is 4.74 Å². The highest BCUT2D eigenvalue weighted by molar-refractivity contribution is 4.94. The van der Waals surface area contributed by atoms with E-state index in [0.717, 1.165) is 39.2 Å². The van der Waals surface area contributed by atoms with Crippen molar-refractivity contribution < 1.29 is 9.84 Å². The van der Waals surface area contributed by atoms with Crippen molar-refractivity contribution in [1.29, 1.82) is 0 Å². The second-order valence-corrected chi connectivity index (χ2v) is 4.28. The van der Waals surface area contributed by atoms with Gasteiger partial charge in [-0.25, -0.2) is 0 Å². The van der Waals surface area contributed by atoms with Crippen molar-refractivity contribution in [2.24, 2.45) is 0 Å². The van der Waals surface area contributed by atoms with Crippen LogP contribution in [0.5, 0.6) is 0 Å². The van der Waals surface area contributed by atoms with Crippen LogP contribution in [0.15, 0.2) is 0 Å². The minimum atomic E-state index is -0.0774. The van der Waals surface area contributed by atoms with Crippen molar-refractivity contribution in [3.63, 3.8) is 0 Å². The molecule has 0 aromatic rings. The third kappa shape index (κ3) is 1.93. The molecule has 2 heterocycles. The number of ether oxygens (including phenoxy) is 1. The lowest BCUT2D eigenvalue weighted by Gasteiger charge is -2.37. The summed E-state index contributed by atoms with van der Waals surface area (Å²) >= 11 is 0. The second kappa shape index (κ2) is 4.57. The molecule has 1 atom stereocenters. The van der Waals surface area contributed by atoms with Crippen molar-refractivity contribution in [1.82, 2.24) is 10.2 Å². The Morgan fingerprint density at radius 3 is 3.00 bits per heavy atom. The summed E-state index contributed by atoms with van der Waals surface area (Å²) in [5, 5.41) is 12.9. The van der Waals surface area contributed by atoms with Crippen molar-refractivity contribution in [2.45, 2.75) is 18.4 Å². The standard InChI is InChI=1S/C10H20N2O2/c13-8-10(2-7-14-9-10)12-5-1-3-11-4-6-12/h11,13H,1-9H2. The van der Waals surface area contributed by atoms with Crippen LogP contribution in [0, 0.1) is 0 Å². The summed E-state index contributed by atoms with van der Waals surface area (Å²) in [5.41, 5.74) is -0.0774. The summed E-state index contributed by atoms with van der Waals surface area (Å²) in [6.45, 7) is 5.96. The summed E-state index contributed by atoms with van der Waals surface area (Å²) in [4.78, 5) is 2.40. The first kappa shape index (κ1) is 10.4. The van der Waals surface area contributed by atoms with Gasteiger partial charge in [0.15, 0.2) is 0 Å². The van der Waals surface area contributed by atoms with Gasteiger partial charge in [-0.1, -0.05) is 0 Å². The van der Waals surface area contributed by atoms with Gasteiger partial charge in [0, 0.05) is 26.2 Å². The molecule has 2 aliphatic heterocycles. The van der Waals surface area contributed by atoms with E-state index in [-0.39, 0.29) is 12.1 Å². The molecule has 0 saturated carbocycles. The summed E-state index contributed by atoms with van der Waals surface area (Å²) in [5.74, 6) is 0. The van der Waals surface area contributed by atoms with Crippen molar-refractivity contribution in [3.8, 4) is 0 Å². The van der Waals surface area contributed by atoms with E-state index >= 15 is 0 Å². The van der Waals surface area contributed by atoms with Gasteiger partial charge in [-0.3, -0.25) is 4.90 Å². The number of nitrogens with one attached hydrogen (secondary N) is 1. The van der Waals surface area contributed by atoms with E-state index in [1.807, 2.05) is 0 Å². The van der Waals surface area contributed by atoms with Gasteiger partial charge in [0.05, 0.1) is 18.8 Å². The molecule has 82 valence electrons. The molecule has 0 spiro atoms. The fourth-order valence-corrected chi connectivity index (χ4v) is 2.39. The van der Waals surface area contributed by atoms with Gasteiger partial charge in [-0.15, -0.1) is 0 Å². The Bertz CT molecular complexity index is 173. The summed E-state index contributed by atoms with van der Waals surface area (Å²) < 4.78 is 5.42. The van der Waals surface area contributed by atoms with Crippen LogP contribution in [0.1, 0.15) is 12.8 Å². The number of rotatable bonds is 2. The zero-order chi connectivity index (χ0) is 9.86. The average Bonchev–Trinajstić information content (AvgIpc) is 2.54. The lowest BCUT2D eigenvalue weighted by molar-refractivity contribution is 0.0231. The van der Waals surface area contributed by atoms with Crippen molar-refractivity contribution in [2.75, 3.05) is 46.0 Å². The first-order valence-electron chi connectivity index (χ1n) is 5.52. The average molecular weight is 200 g/mol. The highest BCUT2D eigenvalue weighted by atomic mass is 16.5. The summed E-state index contributed by atoms with van der Waals surface area (Å²) in [6, 6.07) is 0. The Balaban J connectivity index is 2.01. The molecule has 2 aliphatic rings. The van der Waals surface area contributed by atoms with Crippen molar-refractivity contribution >= 4 is 0 Å². The molecule has 0 amide bonds. The second-order valence-electron chi connectivity index (χ2n) is 4.28. The molecule has 0 aromatic carbocycles. The topological polar surface area (TPSA) is 44.7 Å². The monoisotopic (exact) mass is 200 g/mol. The number of aliphatic hydroxyl groups excluding tert-OH is 1. The lowest BCUT2D eigenvalue weighted by atomic mass is 9.97. The Kier molecular flexibility index (Phi) is 3.38. The van der Waals surface area contributed by atoms with E-state index in [2.05, 4.69) is 10.2 Å². The van der Waals surface area contributed by atoms with Crippen LogP contribution in [0.4, 0.5) is 0 Å². The molecule has 4 heteroatoms. The van der Waals surface area contributed by atoms with Gasteiger partial charge in [-0.05, 0) is 19.4 Å². The van der Waals surface area contributed by atoms with E-state index in [1.54, 1.807) is 0 Å². The van der Waals surface area contributed by atoms with Crippen LogP contribution in [0.3, 0.4) is 0 Å². The van der Waals surface area contributed by atoms with Crippen LogP contribution in [0.2, 0.25) is 0 Å². The molecule has 2 saturated heterocycles. The van der Waals surface area contributed by atoms with E-state index in [4.69, 9.17) is 4.74 Å². The first-order chi connectivity index (χ1) is 6.87. The molecule has 2 fully saturated rings. The zero-order valence-corrected chi connectivity index (χ0v) is 8.67. The summed E-state index contributed by atoms with van der Waals surface area (Å²) in [7, 11) is 0. The molecule has 0 radical (unpaired) electrons. The Labute approximate surface area is 85.2 Å². The quantitative estimate of drug-likeness (QED) is 0.627. The fraction of sp³-hybridized carbons (Fsp3) is 1.00. The maximum atomic E-state index is 9.52. The maximum absolute atomic E-state index is 9.52. The van der Waals surface area contributed by atoms with E-state index in [1.165, 1.54) is 6.42 Å². The lowest BCUT2D eigenvalue weighted by Crippen LogP contribution is -2.53. The SMILES string of the molecule is OCC1(N2CCCNCC2)CCOC1. The molecule has 2 N–H and O–H groups in total. The fourth-order valence-electron chi connectivity index (χ4n) is 2.39. The minimum absolute atomic E-state index is 0.0774. The molecule has 14 heavy (non-hydrogen) atoms. The van der Waals surface area contributed by atoms with Gasteiger partial charge in [0.2, 0.25) is 0 Å². The maximum Gasteiger partial charge on any atom is 0.0698 e. The zero-order valence-electron chi connectivity index (χ0n) is 8.67. The molecular weight excluding hydrogens is 180 g/mol. The third-order valence-corrected chi connectivity index (χ3v) is 3.39. The molecule has 4 nitrogen and oxygen atoms in total. The Hall–Kier alpha value is -0.160.